The van der Waals surface area contributed by atoms with Crippen LogP contribution in [0.1, 0.15) is 30.5 Å². The van der Waals surface area contributed by atoms with Crippen molar-refractivity contribution in [1.29, 1.82) is 5.26 Å². The molecule has 1 amide bonds. The van der Waals surface area contributed by atoms with Gasteiger partial charge in [0.25, 0.3) is 0 Å². The van der Waals surface area contributed by atoms with Crippen molar-refractivity contribution in [3.63, 3.8) is 0 Å². The van der Waals surface area contributed by atoms with Gasteiger partial charge in [0.15, 0.2) is 0 Å². The predicted molar refractivity (Wildman–Crippen MR) is 161 cm³/mol. The molecule has 3 aliphatic heterocycles. The lowest BCUT2D eigenvalue weighted by atomic mass is 10.0. The topological polar surface area (TPSA) is 109 Å². The summed E-state index contributed by atoms with van der Waals surface area (Å²) in [5.74, 6) is 0.858. The lowest BCUT2D eigenvalue weighted by Crippen LogP contribution is -2.55. The normalized spacial score (nSPS) is 19.6. The molecule has 0 saturated carbocycles. The van der Waals surface area contributed by atoms with Gasteiger partial charge in [0.2, 0.25) is 5.91 Å². The number of rotatable bonds is 6. The van der Waals surface area contributed by atoms with Crippen LogP contribution in [0.2, 0.25) is 0 Å². The van der Waals surface area contributed by atoms with Crippen molar-refractivity contribution in [3.05, 3.63) is 72.3 Å². The highest BCUT2D eigenvalue weighted by atomic mass is 16.5. The van der Waals surface area contributed by atoms with Crippen LogP contribution in [-0.4, -0.2) is 76.6 Å². The standard InChI is InChI=1S/C32H35N7O3/c1-3-30(41)39-16-15-38(19-23(39)10-12-33)31-27-11-14-37(29-18-25(40)17-22-7-4-5-9-26(22)29)20-28(27)34-32(35-31)42-21-24-8-6-13-36(24)2/h3-5,7,9,17-18,21,23,40H,1,6,8,10-11,13-16,19-20H2,2H3/b24-21-/t23-/m0/s1. The largest absolute Gasteiger partial charge is 0.508 e. The Morgan fingerprint density at radius 1 is 1.17 bits per heavy atom. The van der Waals surface area contributed by atoms with Crippen molar-refractivity contribution >= 4 is 28.2 Å². The van der Waals surface area contributed by atoms with Crippen LogP contribution >= 0.6 is 0 Å². The SMILES string of the molecule is C=CC(=O)N1CCN(c2nc(O/C=C3/CCCN3C)nc3c2CCN(c2cc(O)cc4ccccc24)C3)C[C@@H]1CC#N. The molecule has 1 aromatic heterocycles. The molecule has 2 saturated heterocycles. The van der Waals surface area contributed by atoms with Crippen LogP contribution in [0.5, 0.6) is 11.8 Å². The number of nitrogens with zero attached hydrogens (tertiary/aromatic N) is 7. The Labute approximate surface area is 245 Å². The summed E-state index contributed by atoms with van der Waals surface area (Å²) in [6, 6.07) is 13.9. The number of benzene rings is 2. The molecule has 1 N–H and O–H groups in total. The van der Waals surface area contributed by atoms with E-state index in [9.17, 15) is 15.2 Å². The number of anilines is 2. The van der Waals surface area contributed by atoms with Crippen molar-refractivity contribution in [2.75, 3.05) is 49.6 Å². The second kappa shape index (κ2) is 11.6. The Bertz CT molecular complexity index is 1600. The predicted octanol–water partition coefficient (Wildman–Crippen LogP) is 3.96. The van der Waals surface area contributed by atoms with Gasteiger partial charge in [-0.3, -0.25) is 4.79 Å². The smallest absolute Gasteiger partial charge is 0.323 e. The summed E-state index contributed by atoms with van der Waals surface area (Å²) in [6.07, 6.45) is 6.02. The minimum Gasteiger partial charge on any atom is -0.508 e. The number of carbonyl (C=O) groups is 1. The maximum Gasteiger partial charge on any atom is 0.323 e. The van der Waals surface area contributed by atoms with Crippen LogP contribution in [0.15, 0.2) is 61.0 Å². The quantitative estimate of drug-likeness (QED) is 0.351. The number of fused-ring (bicyclic) bond motifs is 2. The number of hydrogen-bond acceptors (Lipinski definition) is 9. The van der Waals surface area contributed by atoms with Gasteiger partial charge in [-0.1, -0.05) is 30.8 Å². The van der Waals surface area contributed by atoms with E-state index in [1.807, 2.05) is 24.3 Å². The lowest BCUT2D eigenvalue weighted by molar-refractivity contribution is -0.128. The summed E-state index contributed by atoms with van der Waals surface area (Å²) >= 11 is 0. The highest BCUT2D eigenvalue weighted by Crippen LogP contribution is 2.37. The second-order valence-electron chi connectivity index (χ2n) is 11.1. The first-order chi connectivity index (χ1) is 20.4. The summed E-state index contributed by atoms with van der Waals surface area (Å²) in [5, 5.41) is 22.0. The first-order valence-corrected chi connectivity index (χ1v) is 14.4. The van der Waals surface area contributed by atoms with Crippen molar-refractivity contribution in [2.45, 2.75) is 38.3 Å². The molecule has 1 atom stereocenters. The molecule has 6 rings (SSSR count). The van der Waals surface area contributed by atoms with Gasteiger partial charge in [-0.2, -0.15) is 15.2 Å². The van der Waals surface area contributed by atoms with Gasteiger partial charge in [0, 0.05) is 68.2 Å². The lowest BCUT2D eigenvalue weighted by Gasteiger charge is -2.42. The fourth-order valence-corrected chi connectivity index (χ4v) is 6.28. The number of phenols is 1. The maximum atomic E-state index is 12.5. The highest BCUT2D eigenvalue weighted by Gasteiger charge is 2.33. The van der Waals surface area contributed by atoms with E-state index in [1.165, 1.54) is 6.08 Å². The van der Waals surface area contributed by atoms with Gasteiger partial charge in [-0.05, 0) is 36.8 Å². The molecule has 3 aliphatic rings. The van der Waals surface area contributed by atoms with Crippen LogP contribution in [0.3, 0.4) is 0 Å². The van der Waals surface area contributed by atoms with Gasteiger partial charge in [0.05, 0.1) is 30.8 Å². The van der Waals surface area contributed by atoms with Crippen LogP contribution in [0.4, 0.5) is 11.5 Å². The summed E-state index contributed by atoms with van der Waals surface area (Å²) in [7, 11) is 2.05. The Morgan fingerprint density at radius 3 is 2.81 bits per heavy atom. The molecule has 216 valence electrons. The Morgan fingerprint density at radius 2 is 2.02 bits per heavy atom. The number of aromatic hydroxyl groups is 1. The van der Waals surface area contributed by atoms with E-state index >= 15 is 0 Å². The molecule has 2 aromatic carbocycles. The van der Waals surface area contributed by atoms with E-state index < -0.39 is 0 Å². The Balaban J connectivity index is 1.36. The van der Waals surface area contributed by atoms with Gasteiger partial charge in [-0.25, -0.2) is 0 Å². The van der Waals surface area contributed by atoms with E-state index in [2.05, 4.69) is 40.5 Å². The monoisotopic (exact) mass is 565 g/mol. The molecule has 2 fully saturated rings. The minimum atomic E-state index is -0.266. The Hall–Kier alpha value is -4.78. The third kappa shape index (κ3) is 5.30. The summed E-state index contributed by atoms with van der Waals surface area (Å²) in [4.78, 5) is 30.6. The average molecular weight is 566 g/mol. The molecule has 10 nitrogen and oxygen atoms in total. The molecular weight excluding hydrogens is 530 g/mol. The van der Waals surface area contributed by atoms with E-state index in [4.69, 9.17) is 14.7 Å². The van der Waals surface area contributed by atoms with Gasteiger partial charge in [-0.15, -0.1) is 0 Å². The van der Waals surface area contributed by atoms with E-state index in [0.29, 0.717) is 32.6 Å². The summed E-state index contributed by atoms with van der Waals surface area (Å²) in [5.41, 5.74) is 3.98. The maximum absolute atomic E-state index is 12.5. The fraction of sp³-hybridized carbons (Fsp3) is 0.375. The number of amides is 1. The zero-order chi connectivity index (χ0) is 29.2. The Kier molecular flexibility index (Phi) is 7.57. The van der Waals surface area contributed by atoms with E-state index in [-0.39, 0.29) is 30.1 Å². The average Bonchev–Trinajstić information content (AvgIpc) is 3.42. The molecule has 0 radical (unpaired) electrons. The van der Waals surface area contributed by atoms with Gasteiger partial charge >= 0.3 is 6.01 Å². The fourth-order valence-electron chi connectivity index (χ4n) is 6.28. The second-order valence-corrected chi connectivity index (χ2v) is 11.1. The first kappa shape index (κ1) is 27.4. The zero-order valence-corrected chi connectivity index (χ0v) is 23.9. The minimum absolute atomic E-state index is 0.162. The van der Waals surface area contributed by atoms with E-state index in [0.717, 1.165) is 65.2 Å². The molecule has 42 heavy (non-hydrogen) atoms. The molecule has 0 spiro atoms. The molecule has 0 unspecified atom stereocenters. The number of piperazine rings is 1. The van der Waals surface area contributed by atoms with Crippen molar-refractivity contribution in [3.8, 4) is 17.8 Å². The van der Waals surface area contributed by atoms with Crippen LogP contribution in [0, 0.1) is 11.3 Å². The number of hydrogen-bond donors (Lipinski definition) is 1. The molecule has 0 aliphatic carbocycles. The third-order valence-corrected chi connectivity index (χ3v) is 8.47. The number of aromatic nitrogens is 2. The van der Waals surface area contributed by atoms with E-state index in [1.54, 1.807) is 17.2 Å². The number of allylic oxidation sites excluding steroid dienone is 1. The van der Waals surface area contributed by atoms with Crippen LogP contribution in [0.25, 0.3) is 10.8 Å². The van der Waals surface area contributed by atoms with Gasteiger partial charge < -0.3 is 29.4 Å². The van der Waals surface area contributed by atoms with Crippen molar-refractivity contribution in [1.82, 2.24) is 19.8 Å². The molecule has 0 bridgehead atoms. The van der Waals surface area contributed by atoms with Crippen molar-refractivity contribution < 1.29 is 14.6 Å². The summed E-state index contributed by atoms with van der Waals surface area (Å²) < 4.78 is 6.10. The van der Waals surface area contributed by atoms with Crippen LogP contribution in [-0.2, 0) is 17.8 Å². The third-order valence-electron chi connectivity index (χ3n) is 8.47. The molecule has 4 heterocycles. The van der Waals surface area contributed by atoms with Gasteiger partial charge in [0.1, 0.15) is 17.8 Å². The molecule has 3 aromatic rings. The molecule has 10 heteroatoms. The number of carbonyl (C=O) groups excluding carboxylic acids is 1. The zero-order valence-electron chi connectivity index (χ0n) is 23.9. The highest BCUT2D eigenvalue weighted by molar-refractivity contribution is 5.95. The number of nitriles is 1. The van der Waals surface area contributed by atoms with Crippen LogP contribution < -0.4 is 14.5 Å². The number of phenolic OH excluding ortho intramolecular Hbond substituents is 1. The molecular formula is C32H35N7O3. The number of likely N-dealkylation sites (tertiary alicyclic amines) is 1. The summed E-state index contributed by atoms with van der Waals surface area (Å²) in [6.45, 7) is 7.42. The van der Waals surface area contributed by atoms with Crippen molar-refractivity contribution in [2.24, 2.45) is 0 Å². The first-order valence-electron chi connectivity index (χ1n) is 14.4. The number of ether oxygens (including phenoxy) is 1.